The number of hydrazine groups is 1. The van der Waals surface area contributed by atoms with E-state index < -0.39 is 0 Å². The van der Waals surface area contributed by atoms with Gasteiger partial charge in [-0.1, -0.05) is 26.2 Å². The van der Waals surface area contributed by atoms with Gasteiger partial charge in [-0.25, -0.2) is 15.8 Å². The molecule has 1 aromatic rings. The average Bonchev–Trinajstić information content (AvgIpc) is 2.45. The van der Waals surface area contributed by atoms with E-state index in [-0.39, 0.29) is 0 Å². The number of nitrogens with two attached hydrogens (primary N) is 1. The first-order chi connectivity index (χ1) is 8.85. The van der Waals surface area contributed by atoms with Gasteiger partial charge in [0.25, 0.3) is 0 Å². The third-order valence-corrected chi connectivity index (χ3v) is 3.72. The molecule has 0 bridgehead atoms. The molecule has 1 aliphatic carbocycles. The van der Waals surface area contributed by atoms with E-state index in [4.69, 9.17) is 5.84 Å². The highest BCUT2D eigenvalue weighted by Crippen LogP contribution is 2.25. The van der Waals surface area contributed by atoms with Crippen molar-refractivity contribution in [1.29, 1.82) is 0 Å². The van der Waals surface area contributed by atoms with Crippen molar-refractivity contribution in [1.82, 2.24) is 9.97 Å². The minimum atomic E-state index is 0.721. The van der Waals surface area contributed by atoms with Gasteiger partial charge in [-0.2, -0.15) is 0 Å². The summed E-state index contributed by atoms with van der Waals surface area (Å²) in [7, 11) is 0. The summed E-state index contributed by atoms with van der Waals surface area (Å²) < 4.78 is 0. The van der Waals surface area contributed by atoms with Crippen molar-refractivity contribution >= 4 is 11.6 Å². The first-order valence-electron chi connectivity index (χ1n) is 6.89. The Hall–Kier alpha value is -1.36. The molecule has 2 rings (SSSR count). The van der Waals surface area contributed by atoms with Crippen LogP contribution in [0.4, 0.5) is 11.6 Å². The Kier molecular flexibility index (Phi) is 4.75. The van der Waals surface area contributed by atoms with Crippen LogP contribution in [-0.2, 0) is 6.42 Å². The van der Waals surface area contributed by atoms with Crippen molar-refractivity contribution in [3.8, 4) is 0 Å². The lowest BCUT2D eigenvalue weighted by Gasteiger charge is -2.22. The molecule has 1 saturated carbocycles. The smallest absolute Gasteiger partial charge is 0.148 e. The van der Waals surface area contributed by atoms with Gasteiger partial charge in [-0.3, -0.25) is 0 Å². The molecular weight excluding hydrogens is 226 g/mol. The van der Waals surface area contributed by atoms with Gasteiger partial charge in [0.05, 0.1) is 0 Å². The maximum atomic E-state index is 5.47. The molecule has 0 spiro atoms. The lowest BCUT2D eigenvalue weighted by atomic mass is 9.89. The van der Waals surface area contributed by atoms with Crippen LogP contribution in [0.25, 0.3) is 0 Å². The average molecular weight is 249 g/mol. The number of anilines is 2. The van der Waals surface area contributed by atoms with Gasteiger partial charge in [0.2, 0.25) is 0 Å². The van der Waals surface area contributed by atoms with E-state index in [0.29, 0.717) is 0 Å². The van der Waals surface area contributed by atoms with E-state index in [1.54, 1.807) is 6.33 Å². The highest BCUT2D eigenvalue weighted by atomic mass is 15.3. The molecule has 1 aliphatic rings. The Morgan fingerprint density at radius 1 is 1.22 bits per heavy atom. The second-order valence-corrected chi connectivity index (χ2v) is 4.93. The molecule has 18 heavy (non-hydrogen) atoms. The van der Waals surface area contributed by atoms with Crippen LogP contribution in [0, 0.1) is 5.92 Å². The molecule has 0 saturated heterocycles. The van der Waals surface area contributed by atoms with E-state index in [1.165, 1.54) is 32.1 Å². The number of aromatic nitrogens is 2. The van der Waals surface area contributed by atoms with Gasteiger partial charge < -0.3 is 10.7 Å². The number of nitrogens with one attached hydrogen (secondary N) is 2. The molecule has 1 heterocycles. The van der Waals surface area contributed by atoms with Gasteiger partial charge in [0.15, 0.2) is 0 Å². The third kappa shape index (κ3) is 3.10. The van der Waals surface area contributed by atoms with E-state index >= 15 is 0 Å². The maximum absolute atomic E-state index is 5.47. The molecule has 100 valence electrons. The predicted molar refractivity (Wildman–Crippen MR) is 74.3 cm³/mol. The summed E-state index contributed by atoms with van der Waals surface area (Å²) in [4.78, 5) is 8.46. The first kappa shape index (κ1) is 13.1. The van der Waals surface area contributed by atoms with Gasteiger partial charge in [-0.15, -0.1) is 0 Å². The normalized spacial score (nSPS) is 16.6. The molecule has 0 radical (unpaired) electrons. The molecule has 0 atom stereocenters. The lowest BCUT2D eigenvalue weighted by Crippen LogP contribution is -2.19. The zero-order valence-electron chi connectivity index (χ0n) is 11.1. The van der Waals surface area contributed by atoms with Crippen LogP contribution in [-0.4, -0.2) is 16.5 Å². The van der Waals surface area contributed by atoms with Gasteiger partial charge in [-0.05, 0) is 25.2 Å². The summed E-state index contributed by atoms with van der Waals surface area (Å²) in [5.41, 5.74) is 3.70. The van der Waals surface area contributed by atoms with Crippen molar-refractivity contribution in [3.05, 3.63) is 11.9 Å². The van der Waals surface area contributed by atoms with Crippen molar-refractivity contribution < 1.29 is 0 Å². The van der Waals surface area contributed by atoms with Gasteiger partial charge >= 0.3 is 0 Å². The summed E-state index contributed by atoms with van der Waals surface area (Å²) in [6.07, 6.45) is 9.22. The van der Waals surface area contributed by atoms with Crippen LogP contribution in [0.15, 0.2) is 6.33 Å². The summed E-state index contributed by atoms with van der Waals surface area (Å²) >= 11 is 0. The van der Waals surface area contributed by atoms with Crippen LogP contribution < -0.4 is 16.6 Å². The van der Waals surface area contributed by atoms with Crippen molar-refractivity contribution in [3.63, 3.8) is 0 Å². The second-order valence-electron chi connectivity index (χ2n) is 4.93. The van der Waals surface area contributed by atoms with Gasteiger partial charge in [0, 0.05) is 12.1 Å². The molecule has 5 heteroatoms. The predicted octanol–water partition coefficient (Wildman–Crippen LogP) is 2.32. The van der Waals surface area contributed by atoms with E-state index in [1.807, 2.05) is 0 Å². The van der Waals surface area contributed by atoms with Crippen molar-refractivity contribution in [2.24, 2.45) is 11.8 Å². The second kappa shape index (κ2) is 6.54. The fourth-order valence-corrected chi connectivity index (χ4v) is 2.66. The topological polar surface area (TPSA) is 75.9 Å². The summed E-state index contributed by atoms with van der Waals surface area (Å²) in [5, 5.41) is 3.46. The minimum Gasteiger partial charge on any atom is -0.369 e. The van der Waals surface area contributed by atoms with Gasteiger partial charge in [0.1, 0.15) is 18.0 Å². The summed E-state index contributed by atoms with van der Waals surface area (Å²) in [6.45, 7) is 3.10. The highest BCUT2D eigenvalue weighted by molar-refractivity contribution is 5.56. The Labute approximate surface area is 109 Å². The molecule has 1 aromatic heterocycles. The molecule has 0 aliphatic heterocycles. The summed E-state index contributed by atoms with van der Waals surface area (Å²) in [5.74, 6) is 7.89. The Morgan fingerprint density at radius 2 is 1.94 bits per heavy atom. The molecule has 0 unspecified atom stereocenters. The molecule has 0 aromatic carbocycles. The molecular formula is C13H23N5. The standard InChI is InChI=1S/C13H23N5/c1-2-11-12(16-9-17-13(11)18-14)15-8-10-6-4-3-5-7-10/h9-10H,2-8,14H2,1H3,(H2,15,16,17,18). The van der Waals surface area contributed by atoms with Crippen LogP contribution in [0.2, 0.25) is 0 Å². The van der Waals surface area contributed by atoms with Crippen LogP contribution >= 0.6 is 0 Å². The van der Waals surface area contributed by atoms with Crippen LogP contribution in [0.5, 0.6) is 0 Å². The monoisotopic (exact) mass is 249 g/mol. The lowest BCUT2D eigenvalue weighted by molar-refractivity contribution is 0.373. The molecule has 1 fully saturated rings. The SMILES string of the molecule is CCc1c(NN)ncnc1NCC1CCCCC1. The zero-order valence-corrected chi connectivity index (χ0v) is 11.1. The third-order valence-electron chi connectivity index (χ3n) is 3.72. The Morgan fingerprint density at radius 3 is 2.61 bits per heavy atom. The van der Waals surface area contributed by atoms with Crippen molar-refractivity contribution in [2.45, 2.75) is 45.4 Å². The zero-order chi connectivity index (χ0) is 12.8. The first-order valence-corrected chi connectivity index (χ1v) is 6.89. The van der Waals surface area contributed by atoms with E-state index in [9.17, 15) is 0 Å². The van der Waals surface area contributed by atoms with Crippen LogP contribution in [0.1, 0.15) is 44.6 Å². The number of hydrogen-bond acceptors (Lipinski definition) is 5. The Bertz CT molecular complexity index is 374. The number of nitrogens with zero attached hydrogens (tertiary/aromatic N) is 2. The fraction of sp³-hybridized carbons (Fsp3) is 0.692. The number of nitrogen functional groups attached to an aromatic ring is 1. The highest BCUT2D eigenvalue weighted by Gasteiger charge is 2.15. The Balaban J connectivity index is 1.99. The number of rotatable bonds is 5. The van der Waals surface area contributed by atoms with E-state index in [2.05, 4.69) is 27.6 Å². The quantitative estimate of drug-likeness (QED) is 0.551. The maximum Gasteiger partial charge on any atom is 0.148 e. The molecule has 0 amide bonds. The van der Waals surface area contributed by atoms with E-state index in [0.717, 1.165) is 36.1 Å². The fourth-order valence-electron chi connectivity index (χ4n) is 2.66. The largest absolute Gasteiger partial charge is 0.369 e. The summed E-state index contributed by atoms with van der Waals surface area (Å²) in [6, 6.07) is 0. The molecule has 4 N–H and O–H groups in total. The molecule has 5 nitrogen and oxygen atoms in total. The van der Waals surface area contributed by atoms with Crippen molar-refractivity contribution in [2.75, 3.05) is 17.3 Å². The minimum absolute atomic E-state index is 0.721. The number of hydrogen-bond donors (Lipinski definition) is 3. The van der Waals surface area contributed by atoms with Crippen LogP contribution in [0.3, 0.4) is 0 Å².